The van der Waals surface area contributed by atoms with Gasteiger partial charge in [0, 0.05) is 21.5 Å². The molecule has 0 saturated heterocycles. The minimum Gasteiger partial charge on any atom is -0.496 e. The summed E-state index contributed by atoms with van der Waals surface area (Å²) in [5, 5.41) is 4.66. The Labute approximate surface area is 123 Å². The zero-order valence-corrected chi connectivity index (χ0v) is 12.1. The molecule has 21 heavy (non-hydrogen) atoms. The van der Waals surface area contributed by atoms with E-state index in [9.17, 15) is 0 Å². The van der Waals surface area contributed by atoms with E-state index in [2.05, 4.69) is 43.3 Å². The molecular weight excluding hydrogens is 258 g/mol. The minimum absolute atomic E-state index is 0.891. The molecule has 4 aromatic rings. The lowest BCUT2D eigenvalue weighted by Crippen LogP contribution is -1.90. The van der Waals surface area contributed by atoms with Crippen LogP contribution in [-0.4, -0.2) is 12.1 Å². The van der Waals surface area contributed by atoms with Gasteiger partial charge in [0.25, 0.3) is 0 Å². The lowest BCUT2D eigenvalue weighted by molar-refractivity contribution is 0.420. The SMILES string of the molecule is COc1cccc2c1ccc1c(C)c3ccccc3nc12. The molecule has 1 aromatic heterocycles. The highest BCUT2D eigenvalue weighted by atomic mass is 16.5. The van der Waals surface area contributed by atoms with Crippen molar-refractivity contribution >= 4 is 32.6 Å². The van der Waals surface area contributed by atoms with Crippen LogP contribution in [0.1, 0.15) is 5.56 Å². The van der Waals surface area contributed by atoms with Crippen LogP contribution < -0.4 is 4.74 Å². The number of pyridine rings is 1. The van der Waals surface area contributed by atoms with E-state index in [1.165, 1.54) is 16.3 Å². The fourth-order valence-corrected chi connectivity index (χ4v) is 3.07. The van der Waals surface area contributed by atoms with Gasteiger partial charge in [-0.3, -0.25) is 0 Å². The Kier molecular flexibility index (Phi) is 2.58. The van der Waals surface area contributed by atoms with E-state index in [4.69, 9.17) is 9.72 Å². The maximum Gasteiger partial charge on any atom is 0.126 e. The molecule has 0 fully saturated rings. The molecule has 0 spiro atoms. The molecule has 3 aromatic carbocycles. The number of methoxy groups -OCH3 is 1. The van der Waals surface area contributed by atoms with Gasteiger partial charge < -0.3 is 4.74 Å². The molecule has 0 aliphatic carbocycles. The van der Waals surface area contributed by atoms with E-state index in [0.717, 1.165) is 27.6 Å². The Bertz CT molecular complexity index is 989. The second-order valence-electron chi connectivity index (χ2n) is 5.27. The molecule has 102 valence electrons. The van der Waals surface area contributed by atoms with Gasteiger partial charge in [-0.15, -0.1) is 0 Å². The van der Waals surface area contributed by atoms with E-state index >= 15 is 0 Å². The maximum atomic E-state index is 5.47. The largest absolute Gasteiger partial charge is 0.496 e. The van der Waals surface area contributed by atoms with E-state index in [1.54, 1.807) is 7.11 Å². The van der Waals surface area contributed by atoms with Crippen LogP contribution in [0.2, 0.25) is 0 Å². The van der Waals surface area contributed by atoms with Gasteiger partial charge in [0.15, 0.2) is 0 Å². The number of fused-ring (bicyclic) bond motifs is 4. The van der Waals surface area contributed by atoms with E-state index in [0.29, 0.717) is 0 Å². The normalized spacial score (nSPS) is 11.3. The van der Waals surface area contributed by atoms with Gasteiger partial charge >= 0.3 is 0 Å². The Balaban J connectivity index is 2.26. The number of hydrogen-bond donors (Lipinski definition) is 0. The van der Waals surface area contributed by atoms with Gasteiger partial charge in [-0.1, -0.05) is 36.4 Å². The van der Waals surface area contributed by atoms with Crippen LogP contribution in [0.5, 0.6) is 5.75 Å². The van der Waals surface area contributed by atoms with Crippen molar-refractivity contribution in [1.82, 2.24) is 4.98 Å². The van der Waals surface area contributed by atoms with E-state index < -0.39 is 0 Å². The Hall–Kier alpha value is -2.61. The number of para-hydroxylation sites is 1. The standard InChI is InChI=1S/C19H15NO/c1-12-13-6-3-4-8-17(13)20-19-14(12)10-11-15-16(19)7-5-9-18(15)21-2/h3-11H,1-2H3. The molecule has 0 aliphatic heterocycles. The summed E-state index contributed by atoms with van der Waals surface area (Å²) >= 11 is 0. The predicted octanol–water partition coefficient (Wildman–Crippen LogP) is 4.86. The smallest absolute Gasteiger partial charge is 0.126 e. The third-order valence-corrected chi connectivity index (χ3v) is 4.16. The van der Waals surface area contributed by atoms with Crippen molar-refractivity contribution in [2.45, 2.75) is 6.92 Å². The van der Waals surface area contributed by atoms with Crippen molar-refractivity contribution in [2.24, 2.45) is 0 Å². The summed E-state index contributed by atoms with van der Waals surface area (Å²) in [6.45, 7) is 2.17. The summed E-state index contributed by atoms with van der Waals surface area (Å²) in [7, 11) is 1.71. The average Bonchev–Trinajstić information content (AvgIpc) is 2.54. The number of aromatic nitrogens is 1. The van der Waals surface area contributed by atoms with Gasteiger partial charge in [0.1, 0.15) is 5.75 Å². The summed E-state index contributed by atoms with van der Waals surface area (Å²) in [6, 6.07) is 18.7. The fraction of sp³-hybridized carbons (Fsp3) is 0.105. The molecule has 0 amide bonds. The topological polar surface area (TPSA) is 22.1 Å². The van der Waals surface area contributed by atoms with Crippen molar-refractivity contribution in [1.29, 1.82) is 0 Å². The number of nitrogens with zero attached hydrogens (tertiary/aromatic N) is 1. The zero-order valence-electron chi connectivity index (χ0n) is 12.1. The molecule has 0 N–H and O–H groups in total. The molecule has 0 atom stereocenters. The van der Waals surface area contributed by atoms with Crippen LogP contribution in [0.4, 0.5) is 0 Å². The lowest BCUT2D eigenvalue weighted by Gasteiger charge is -2.11. The lowest BCUT2D eigenvalue weighted by atomic mass is 9.99. The second-order valence-corrected chi connectivity index (χ2v) is 5.27. The Morgan fingerprint density at radius 2 is 1.52 bits per heavy atom. The van der Waals surface area contributed by atoms with Crippen molar-refractivity contribution in [3.05, 3.63) is 60.2 Å². The molecule has 2 heteroatoms. The predicted molar refractivity (Wildman–Crippen MR) is 88.0 cm³/mol. The summed E-state index contributed by atoms with van der Waals surface area (Å²) < 4.78 is 5.47. The van der Waals surface area contributed by atoms with Crippen molar-refractivity contribution in [2.75, 3.05) is 7.11 Å². The van der Waals surface area contributed by atoms with Gasteiger partial charge in [-0.05, 0) is 30.7 Å². The van der Waals surface area contributed by atoms with Gasteiger partial charge in [-0.2, -0.15) is 0 Å². The highest BCUT2D eigenvalue weighted by Crippen LogP contribution is 2.34. The second kappa shape index (κ2) is 4.45. The third kappa shape index (κ3) is 1.69. The summed E-state index contributed by atoms with van der Waals surface area (Å²) in [4.78, 5) is 4.89. The summed E-state index contributed by atoms with van der Waals surface area (Å²) in [5.41, 5.74) is 3.36. The summed E-state index contributed by atoms with van der Waals surface area (Å²) in [5.74, 6) is 0.891. The van der Waals surface area contributed by atoms with Crippen LogP contribution in [0, 0.1) is 6.92 Å². The third-order valence-electron chi connectivity index (χ3n) is 4.16. The molecular formula is C19H15NO. The minimum atomic E-state index is 0.891. The van der Waals surface area contributed by atoms with E-state index in [-0.39, 0.29) is 0 Å². The van der Waals surface area contributed by atoms with Gasteiger partial charge in [-0.25, -0.2) is 4.98 Å². The first-order valence-electron chi connectivity index (χ1n) is 7.04. The van der Waals surface area contributed by atoms with Gasteiger partial charge in [0.05, 0.1) is 18.1 Å². The Morgan fingerprint density at radius 1 is 0.762 bits per heavy atom. The average molecular weight is 273 g/mol. The first-order valence-corrected chi connectivity index (χ1v) is 7.04. The Morgan fingerprint density at radius 3 is 2.38 bits per heavy atom. The molecule has 2 nitrogen and oxygen atoms in total. The molecule has 0 bridgehead atoms. The van der Waals surface area contributed by atoms with Crippen LogP contribution in [-0.2, 0) is 0 Å². The number of ether oxygens (including phenoxy) is 1. The maximum absolute atomic E-state index is 5.47. The van der Waals surface area contributed by atoms with Crippen LogP contribution in [0.3, 0.4) is 0 Å². The first kappa shape index (κ1) is 12.2. The molecule has 0 aliphatic rings. The monoisotopic (exact) mass is 273 g/mol. The molecule has 1 heterocycles. The number of hydrogen-bond acceptors (Lipinski definition) is 2. The number of rotatable bonds is 1. The molecule has 0 saturated carbocycles. The number of aryl methyl sites for hydroxylation is 1. The fourth-order valence-electron chi connectivity index (χ4n) is 3.07. The highest BCUT2D eigenvalue weighted by Gasteiger charge is 2.10. The van der Waals surface area contributed by atoms with Crippen LogP contribution in [0.25, 0.3) is 32.6 Å². The molecule has 0 unspecified atom stereocenters. The summed E-state index contributed by atoms with van der Waals surface area (Å²) in [6.07, 6.45) is 0. The number of benzene rings is 3. The first-order chi connectivity index (χ1) is 10.3. The highest BCUT2D eigenvalue weighted by molar-refractivity contribution is 6.11. The van der Waals surface area contributed by atoms with E-state index in [1.807, 2.05) is 18.2 Å². The van der Waals surface area contributed by atoms with Crippen molar-refractivity contribution in [3.63, 3.8) is 0 Å². The van der Waals surface area contributed by atoms with Crippen LogP contribution in [0.15, 0.2) is 54.6 Å². The zero-order chi connectivity index (χ0) is 14.4. The quantitative estimate of drug-likeness (QED) is 0.365. The van der Waals surface area contributed by atoms with Crippen molar-refractivity contribution < 1.29 is 4.74 Å². The van der Waals surface area contributed by atoms with Crippen LogP contribution >= 0.6 is 0 Å². The molecule has 0 radical (unpaired) electrons. The van der Waals surface area contributed by atoms with Gasteiger partial charge in [0.2, 0.25) is 0 Å². The van der Waals surface area contributed by atoms with Crippen molar-refractivity contribution in [3.8, 4) is 5.75 Å². The molecule has 4 rings (SSSR count).